The number of hydrogen-bond acceptors (Lipinski definition) is 7. The third kappa shape index (κ3) is 4.91. The van der Waals surface area contributed by atoms with Crippen LogP contribution < -0.4 is 4.90 Å². The number of rotatable bonds is 5. The van der Waals surface area contributed by atoms with Crippen LogP contribution in [0.25, 0.3) is 32.9 Å². The number of carboxylic acids is 1. The molecule has 0 saturated heterocycles. The van der Waals surface area contributed by atoms with E-state index in [9.17, 15) is 24.7 Å². The number of imidazole rings is 1. The summed E-state index contributed by atoms with van der Waals surface area (Å²) < 4.78 is 1.94. The summed E-state index contributed by atoms with van der Waals surface area (Å²) >= 11 is 1.13. The minimum atomic E-state index is -1.08. The number of para-hydroxylation sites is 2. The number of aromatic carboxylic acids is 1. The van der Waals surface area contributed by atoms with Gasteiger partial charge in [-0.25, -0.2) is 9.78 Å². The zero-order chi connectivity index (χ0) is 30.5. The Labute approximate surface area is 258 Å². The summed E-state index contributed by atoms with van der Waals surface area (Å²) in [5.74, 6) is 0.0487. The summed E-state index contributed by atoms with van der Waals surface area (Å²) in [6.07, 6.45) is 5.88. The highest BCUT2D eigenvalue weighted by Crippen LogP contribution is 2.43. The Kier molecular flexibility index (Phi) is 7.32. The van der Waals surface area contributed by atoms with Gasteiger partial charge in [-0.2, -0.15) is 0 Å². The van der Waals surface area contributed by atoms with Crippen molar-refractivity contribution in [3.8, 4) is 21.8 Å². The van der Waals surface area contributed by atoms with Crippen LogP contribution in [-0.4, -0.2) is 49.3 Å². The summed E-state index contributed by atoms with van der Waals surface area (Å²) in [5, 5.41) is 23.1. The van der Waals surface area contributed by atoms with Crippen LogP contribution in [0.4, 0.5) is 5.69 Å². The molecule has 9 nitrogen and oxygen atoms in total. The van der Waals surface area contributed by atoms with Gasteiger partial charge in [0.15, 0.2) is 5.78 Å². The summed E-state index contributed by atoms with van der Waals surface area (Å²) in [5.41, 5.74) is 4.92. The van der Waals surface area contributed by atoms with Crippen LogP contribution in [0.1, 0.15) is 78.3 Å². The van der Waals surface area contributed by atoms with Crippen LogP contribution in [-0.2, 0) is 11.3 Å². The van der Waals surface area contributed by atoms with Gasteiger partial charge >= 0.3 is 5.97 Å². The van der Waals surface area contributed by atoms with Crippen LogP contribution in [0.2, 0.25) is 0 Å². The normalized spacial score (nSPS) is 21.5. The number of carboxylic acid groups (broad SMARTS) is 1. The summed E-state index contributed by atoms with van der Waals surface area (Å²) in [6.45, 7) is 2.40. The van der Waals surface area contributed by atoms with E-state index in [1.165, 1.54) is 0 Å². The Morgan fingerprint density at radius 1 is 1.00 bits per heavy atom. The average molecular weight is 611 g/mol. The number of hydrogen-bond donors (Lipinski definition) is 2. The number of anilines is 1. The molecule has 4 aromatic rings. The number of fused-ring (bicyclic) bond motifs is 5. The van der Waals surface area contributed by atoms with E-state index >= 15 is 0 Å². The van der Waals surface area contributed by atoms with Gasteiger partial charge in [0.2, 0.25) is 5.91 Å². The molecule has 0 radical (unpaired) electrons. The Morgan fingerprint density at radius 3 is 2.48 bits per heavy atom. The number of carbonyl (C=O) groups is 3. The first kappa shape index (κ1) is 28.5. The van der Waals surface area contributed by atoms with Gasteiger partial charge in [-0.05, 0) is 93.2 Å². The fourth-order valence-electron chi connectivity index (χ4n) is 7.14. The lowest BCUT2D eigenvalue weighted by Crippen LogP contribution is -2.46. The second-order valence-electron chi connectivity index (χ2n) is 12.4. The Balaban J connectivity index is 1.29. The molecule has 44 heavy (non-hydrogen) atoms. The van der Waals surface area contributed by atoms with Gasteiger partial charge in [0.05, 0.1) is 29.0 Å². The van der Waals surface area contributed by atoms with E-state index in [-0.39, 0.29) is 35.1 Å². The van der Waals surface area contributed by atoms with Crippen molar-refractivity contribution in [2.45, 2.75) is 70.9 Å². The van der Waals surface area contributed by atoms with E-state index in [2.05, 4.69) is 12.1 Å². The lowest BCUT2D eigenvalue weighted by Gasteiger charge is -2.38. The Morgan fingerprint density at radius 2 is 1.75 bits per heavy atom. The number of amides is 1. The lowest BCUT2D eigenvalue weighted by atomic mass is 9.81. The quantitative estimate of drug-likeness (QED) is 0.181. The fraction of sp³-hybridized carbons (Fsp3) is 0.382. The number of benzene rings is 2. The molecule has 2 fully saturated rings. The number of thiophene rings is 1. The van der Waals surface area contributed by atoms with Gasteiger partial charge in [-0.15, -0.1) is 11.3 Å². The zero-order valence-electron chi connectivity index (χ0n) is 24.5. The predicted octanol–water partition coefficient (Wildman–Crippen LogP) is 7.26. The third-order valence-electron chi connectivity index (χ3n) is 9.61. The second-order valence-corrected chi connectivity index (χ2v) is 13.4. The molecule has 226 valence electrons. The molecular formula is C34H34N4O5S. The van der Waals surface area contributed by atoms with Crippen molar-refractivity contribution >= 4 is 51.4 Å². The maximum atomic E-state index is 14.2. The van der Waals surface area contributed by atoms with Gasteiger partial charge in [0, 0.05) is 28.0 Å². The molecule has 2 saturated carbocycles. The van der Waals surface area contributed by atoms with Crippen LogP contribution >= 0.6 is 11.3 Å². The molecule has 3 aliphatic rings. The van der Waals surface area contributed by atoms with Crippen molar-refractivity contribution in [2.75, 3.05) is 4.90 Å². The fourth-order valence-corrected chi connectivity index (χ4v) is 8.13. The first-order valence-corrected chi connectivity index (χ1v) is 16.2. The highest BCUT2D eigenvalue weighted by molar-refractivity contribution is 7.18. The Hall–Kier alpha value is -4.31. The molecule has 3 heterocycles. The maximum Gasteiger partial charge on any atom is 0.348 e. The average Bonchev–Trinajstić information content (AvgIpc) is 3.64. The second kappa shape index (κ2) is 11.3. The number of aromatic nitrogens is 2. The van der Waals surface area contributed by atoms with Gasteiger partial charge in [0.1, 0.15) is 10.7 Å². The van der Waals surface area contributed by atoms with Crippen LogP contribution in [0.15, 0.2) is 53.7 Å². The molecule has 10 heteroatoms. The minimum Gasteiger partial charge on any atom is -0.477 e. The molecule has 0 bridgehead atoms. The highest BCUT2D eigenvalue weighted by Gasteiger charge is 2.37. The van der Waals surface area contributed by atoms with Gasteiger partial charge in [0.25, 0.3) is 0 Å². The van der Waals surface area contributed by atoms with Gasteiger partial charge < -0.3 is 19.8 Å². The monoisotopic (exact) mass is 610 g/mol. The SMILES string of the molecule is CC1CCC(C(=O)N(c2cc(-c3ccc4c(c3)C(=O)Cn3c-4nc4ccccc43)sc2C(=O)O)C2CCC(=NO)CC2)CC1. The van der Waals surface area contributed by atoms with Crippen molar-refractivity contribution < 1.29 is 24.7 Å². The molecule has 2 aromatic heterocycles. The smallest absolute Gasteiger partial charge is 0.348 e. The van der Waals surface area contributed by atoms with E-state index in [1.54, 1.807) is 4.90 Å². The van der Waals surface area contributed by atoms with Crippen LogP contribution in [0.3, 0.4) is 0 Å². The van der Waals surface area contributed by atoms with E-state index in [0.29, 0.717) is 53.4 Å². The van der Waals surface area contributed by atoms with Crippen molar-refractivity contribution in [3.63, 3.8) is 0 Å². The molecule has 0 spiro atoms. The number of Topliss-reactive ketones (excluding diaryl/α,β-unsaturated/α-hetero) is 1. The van der Waals surface area contributed by atoms with Crippen LogP contribution in [0.5, 0.6) is 0 Å². The van der Waals surface area contributed by atoms with Crippen molar-refractivity contribution in [2.24, 2.45) is 17.0 Å². The standard InChI is InChI=1S/C34H34N4O5S/c1-19-6-8-20(9-7-19)33(40)38(23-13-11-22(36-43)12-14-23)28-17-30(44-31(28)34(41)42)21-10-15-24-25(16-21)29(39)18-37-27-5-3-2-4-26(27)35-32(24)37/h2-5,10,15-17,19-20,23,43H,6-9,11-14,18H2,1H3,(H,41,42). The van der Waals surface area contributed by atoms with E-state index in [4.69, 9.17) is 4.98 Å². The summed E-state index contributed by atoms with van der Waals surface area (Å²) in [4.78, 5) is 47.6. The summed E-state index contributed by atoms with van der Waals surface area (Å²) in [7, 11) is 0. The van der Waals surface area contributed by atoms with E-state index in [1.807, 2.05) is 53.1 Å². The molecule has 0 unspecified atom stereocenters. The predicted molar refractivity (Wildman–Crippen MR) is 170 cm³/mol. The highest BCUT2D eigenvalue weighted by atomic mass is 32.1. The van der Waals surface area contributed by atoms with Crippen LogP contribution in [0, 0.1) is 11.8 Å². The molecule has 0 atom stereocenters. The number of nitrogens with zero attached hydrogens (tertiary/aromatic N) is 4. The third-order valence-corrected chi connectivity index (χ3v) is 10.8. The van der Waals surface area contributed by atoms with Crippen molar-refractivity contribution in [3.05, 3.63) is 59.0 Å². The molecule has 2 aliphatic carbocycles. The molecule has 2 aromatic carbocycles. The molecular weight excluding hydrogens is 576 g/mol. The van der Waals surface area contributed by atoms with E-state index in [0.717, 1.165) is 65.0 Å². The summed E-state index contributed by atoms with van der Waals surface area (Å²) in [6, 6.07) is 15.0. The van der Waals surface area contributed by atoms with Crippen molar-refractivity contribution in [1.29, 1.82) is 0 Å². The zero-order valence-corrected chi connectivity index (χ0v) is 25.3. The first-order valence-electron chi connectivity index (χ1n) is 15.4. The molecule has 2 N–H and O–H groups in total. The number of carbonyl (C=O) groups excluding carboxylic acids is 2. The van der Waals surface area contributed by atoms with Crippen molar-refractivity contribution in [1.82, 2.24) is 9.55 Å². The van der Waals surface area contributed by atoms with E-state index < -0.39 is 5.97 Å². The lowest BCUT2D eigenvalue weighted by molar-refractivity contribution is -0.124. The minimum absolute atomic E-state index is 0.0161. The topological polar surface area (TPSA) is 125 Å². The van der Waals surface area contributed by atoms with Gasteiger partial charge in [-0.1, -0.05) is 30.3 Å². The Bertz CT molecular complexity index is 1820. The first-order chi connectivity index (χ1) is 21.3. The molecule has 1 aliphatic heterocycles. The molecule has 7 rings (SSSR count). The maximum absolute atomic E-state index is 14.2. The number of oxime groups is 1. The largest absolute Gasteiger partial charge is 0.477 e. The number of ketones is 1. The molecule has 1 amide bonds. The van der Waals surface area contributed by atoms with Gasteiger partial charge in [-0.3, -0.25) is 9.59 Å².